The van der Waals surface area contributed by atoms with E-state index in [1.807, 2.05) is 74.6 Å². The quantitative estimate of drug-likeness (QED) is 0.757. The Bertz CT molecular complexity index is 782. The summed E-state index contributed by atoms with van der Waals surface area (Å²) >= 11 is 0. The lowest BCUT2D eigenvalue weighted by Gasteiger charge is -2.20. The van der Waals surface area contributed by atoms with Crippen molar-refractivity contribution in [2.75, 3.05) is 25.1 Å². The number of ether oxygens (including phenoxy) is 1. The zero-order chi connectivity index (χ0) is 17.4. The van der Waals surface area contributed by atoms with Gasteiger partial charge in [0, 0.05) is 12.7 Å². The highest BCUT2D eigenvalue weighted by Gasteiger charge is 2.05. The normalized spacial score (nSPS) is 9.50. The van der Waals surface area contributed by atoms with Crippen LogP contribution in [0.25, 0.3) is 6.08 Å². The Hall–Kier alpha value is -3.24. The minimum absolute atomic E-state index is 0.107. The summed E-state index contributed by atoms with van der Waals surface area (Å²) in [6.07, 6.45) is 1.61. The monoisotopic (exact) mass is 317 g/mol. The molecule has 0 saturated heterocycles. The number of benzene rings is 2. The number of nitriles is 2. The van der Waals surface area contributed by atoms with Gasteiger partial charge >= 0.3 is 0 Å². The second kappa shape index (κ2) is 8.41. The van der Waals surface area contributed by atoms with E-state index in [4.69, 9.17) is 15.3 Å². The number of likely N-dealkylation sites (N-methyl/N-ethyl adjacent to an activating group) is 1. The van der Waals surface area contributed by atoms with Gasteiger partial charge in [0.05, 0.1) is 6.54 Å². The number of aryl methyl sites for hydroxylation is 1. The van der Waals surface area contributed by atoms with Gasteiger partial charge in [-0.25, -0.2) is 0 Å². The van der Waals surface area contributed by atoms with Crippen molar-refractivity contribution < 1.29 is 4.74 Å². The van der Waals surface area contributed by atoms with E-state index in [1.54, 1.807) is 6.08 Å². The van der Waals surface area contributed by atoms with Gasteiger partial charge in [0.25, 0.3) is 0 Å². The third-order valence-electron chi connectivity index (χ3n) is 3.67. The van der Waals surface area contributed by atoms with Crippen molar-refractivity contribution in [3.63, 3.8) is 0 Å². The molecule has 0 unspecified atom stereocenters. The fourth-order valence-corrected chi connectivity index (χ4v) is 2.25. The van der Waals surface area contributed by atoms with Crippen molar-refractivity contribution in [3.8, 4) is 17.9 Å². The van der Waals surface area contributed by atoms with Gasteiger partial charge in [0.1, 0.15) is 30.1 Å². The van der Waals surface area contributed by atoms with E-state index in [-0.39, 0.29) is 5.57 Å². The van der Waals surface area contributed by atoms with Crippen LogP contribution in [0.1, 0.15) is 11.1 Å². The predicted molar refractivity (Wildman–Crippen MR) is 95.6 cm³/mol. The molecule has 4 nitrogen and oxygen atoms in total. The molecule has 0 aliphatic heterocycles. The van der Waals surface area contributed by atoms with Crippen LogP contribution in [0.3, 0.4) is 0 Å². The predicted octanol–water partition coefficient (Wildman–Crippen LogP) is 3.94. The maximum atomic E-state index is 8.85. The molecule has 2 aromatic rings. The standard InChI is InChI=1S/C20H19N3O/c1-16-12-19(9-8-18(16)13-17(14-21)15-22)23(2)10-11-24-20-6-4-3-5-7-20/h3-9,12-13H,10-11H2,1-2H3. The van der Waals surface area contributed by atoms with Crippen LogP contribution in [0.15, 0.2) is 54.1 Å². The highest BCUT2D eigenvalue weighted by atomic mass is 16.5. The molecule has 0 saturated carbocycles. The second-order valence-corrected chi connectivity index (χ2v) is 5.41. The molecule has 0 aliphatic rings. The smallest absolute Gasteiger partial charge is 0.130 e. The largest absolute Gasteiger partial charge is 0.492 e. The fourth-order valence-electron chi connectivity index (χ4n) is 2.25. The minimum atomic E-state index is 0.107. The molecule has 0 aromatic heterocycles. The molecule has 0 spiro atoms. The van der Waals surface area contributed by atoms with Crippen LogP contribution in [-0.2, 0) is 0 Å². The summed E-state index contributed by atoms with van der Waals surface area (Å²) in [5.41, 5.74) is 3.07. The van der Waals surface area contributed by atoms with E-state index in [1.165, 1.54) is 0 Å². The molecule has 2 rings (SSSR count). The van der Waals surface area contributed by atoms with Gasteiger partial charge in [-0.05, 0) is 48.4 Å². The maximum Gasteiger partial charge on any atom is 0.130 e. The number of rotatable bonds is 6. The van der Waals surface area contributed by atoms with Gasteiger partial charge in [-0.2, -0.15) is 10.5 Å². The molecule has 0 fully saturated rings. The molecule has 0 N–H and O–H groups in total. The molecule has 4 heteroatoms. The lowest BCUT2D eigenvalue weighted by atomic mass is 10.1. The summed E-state index contributed by atoms with van der Waals surface area (Å²) in [7, 11) is 2.01. The Morgan fingerprint density at radius 3 is 2.46 bits per heavy atom. The summed E-state index contributed by atoms with van der Waals surface area (Å²) in [4.78, 5) is 2.11. The first-order valence-corrected chi connectivity index (χ1v) is 7.65. The lowest BCUT2D eigenvalue weighted by molar-refractivity contribution is 0.326. The van der Waals surface area contributed by atoms with Crippen molar-refractivity contribution in [3.05, 3.63) is 65.2 Å². The van der Waals surface area contributed by atoms with Crippen molar-refractivity contribution in [1.82, 2.24) is 0 Å². The van der Waals surface area contributed by atoms with Gasteiger partial charge < -0.3 is 9.64 Å². The minimum Gasteiger partial charge on any atom is -0.492 e. The van der Waals surface area contributed by atoms with Crippen LogP contribution in [0.5, 0.6) is 5.75 Å². The summed E-state index contributed by atoms with van der Waals surface area (Å²) in [5.74, 6) is 0.864. The van der Waals surface area contributed by atoms with Gasteiger partial charge in [-0.3, -0.25) is 0 Å². The van der Waals surface area contributed by atoms with Gasteiger partial charge in [0.2, 0.25) is 0 Å². The van der Waals surface area contributed by atoms with Crippen molar-refractivity contribution in [2.45, 2.75) is 6.92 Å². The van der Waals surface area contributed by atoms with Crippen LogP contribution in [0.2, 0.25) is 0 Å². The van der Waals surface area contributed by atoms with E-state index >= 15 is 0 Å². The van der Waals surface area contributed by atoms with Crippen LogP contribution >= 0.6 is 0 Å². The van der Waals surface area contributed by atoms with E-state index in [2.05, 4.69) is 4.90 Å². The second-order valence-electron chi connectivity index (χ2n) is 5.41. The average Bonchev–Trinajstić information content (AvgIpc) is 2.61. The Kier molecular flexibility index (Phi) is 6.00. The first-order chi connectivity index (χ1) is 11.6. The highest BCUT2D eigenvalue weighted by molar-refractivity contribution is 5.66. The van der Waals surface area contributed by atoms with Crippen molar-refractivity contribution in [2.24, 2.45) is 0 Å². The van der Waals surface area contributed by atoms with Gasteiger partial charge in [-0.1, -0.05) is 24.3 Å². The average molecular weight is 317 g/mol. The molecular weight excluding hydrogens is 298 g/mol. The van der Waals surface area contributed by atoms with Crippen LogP contribution in [0.4, 0.5) is 5.69 Å². The summed E-state index contributed by atoms with van der Waals surface area (Å²) in [5, 5.41) is 17.7. The number of para-hydroxylation sites is 1. The Morgan fingerprint density at radius 1 is 1.12 bits per heavy atom. The van der Waals surface area contributed by atoms with Crippen molar-refractivity contribution in [1.29, 1.82) is 10.5 Å². The third-order valence-corrected chi connectivity index (χ3v) is 3.67. The molecule has 0 amide bonds. The Balaban J connectivity index is 1.99. The zero-order valence-corrected chi connectivity index (χ0v) is 13.9. The number of allylic oxidation sites excluding steroid dienone is 1. The van der Waals surface area contributed by atoms with Crippen LogP contribution in [-0.4, -0.2) is 20.2 Å². The third kappa shape index (κ3) is 4.63. The molecule has 24 heavy (non-hydrogen) atoms. The zero-order valence-electron chi connectivity index (χ0n) is 13.9. The molecule has 0 bridgehead atoms. The highest BCUT2D eigenvalue weighted by Crippen LogP contribution is 2.20. The van der Waals surface area contributed by atoms with E-state index in [0.717, 1.165) is 29.1 Å². The van der Waals surface area contributed by atoms with E-state index in [0.29, 0.717) is 6.61 Å². The Morgan fingerprint density at radius 2 is 1.83 bits per heavy atom. The molecule has 2 aromatic carbocycles. The fraction of sp³-hybridized carbons (Fsp3) is 0.200. The molecule has 0 heterocycles. The molecule has 0 aliphatic carbocycles. The number of hydrogen-bond acceptors (Lipinski definition) is 4. The number of hydrogen-bond donors (Lipinski definition) is 0. The van der Waals surface area contributed by atoms with E-state index < -0.39 is 0 Å². The van der Waals surface area contributed by atoms with Crippen LogP contribution < -0.4 is 9.64 Å². The summed E-state index contributed by atoms with van der Waals surface area (Å²) in [6, 6.07) is 19.4. The number of anilines is 1. The van der Waals surface area contributed by atoms with E-state index in [9.17, 15) is 0 Å². The number of nitrogens with zero attached hydrogens (tertiary/aromatic N) is 3. The van der Waals surface area contributed by atoms with Crippen LogP contribution in [0, 0.1) is 29.6 Å². The Labute approximate surface area is 142 Å². The summed E-state index contributed by atoms with van der Waals surface area (Å²) < 4.78 is 5.71. The molecular formula is C20H19N3O. The summed E-state index contributed by atoms with van der Waals surface area (Å²) in [6.45, 7) is 3.31. The maximum absolute atomic E-state index is 8.85. The van der Waals surface area contributed by atoms with Crippen molar-refractivity contribution >= 4 is 11.8 Å². The van der Waals surface area contributed by atoms with Gasteiger partial charge in [-0.15, -0.1) is 0 Å². The first kappa shape index (κ1) is 17.1. The first-order valence-electron chi connectivity index (χ1n) is 7.65. The molecule has 120 valence electrons. The topological polar surface area (TPSA) is 60.0 Å². The molecule has 0 radical (unpaired) electrons. The van der Waals surface area contributed by atoms with Gasteiger partial charge in [0.15, 0.2) is 0 Å². The lowest BCUT2D eigenvalue weighted by Crippen LogP contribution is -2.23. The molecule has 0 atom stereocenters. The SMILES string of the molecule is Cc1cc(N(C)CCOc2ccccc2)ccc1C=C(C#N)C#N.